The molecule has 4 aromatic rings. The van der Waals surface area contributed by atoms with Crippen LogP contribution in [-0.4, -0.2) is 26.4 Å². The van der Waals surface area contributed by atoms with Crippen molar-refractivity contribution >= 4 is 17.1 Å². The molecule has 3 N–H and O–H groups in total. The highest BCUT2D eigenvalue weighted by Gasteiger charge is 2.10. The zero-order chi connectivity index (χ0) is 19.9. The van der Waals surface area contributed by atoms with Crippen LogP contribution in [0, 0.1) is 0 Å². The molecule has 4 rings (SSSR count). The van der Waals surface area contributed by atoms with Gasteiger partial charge in [-0.2, -0.15) is 5.10 Å². The number of anilines is 3. The molecule has 0 amide bonds. The van der Waals surface area contributed by atoms with E-state index in [1.54, 1.807) is 11.0 Å². The summed E-state index contributed by atoms with van der Waals surface area (Å²) in [4.78, 5) is 3.98. The third kappa shape index (κ3) is 4.62. The predicted octanol–water partition coefficient (Wildman–Crippen LogP) is 4.29. The van der Waals surface area contributed by atoms with Gasteiger partial charge in [-0.1, -0.05) is 48.5 Å². The molecule has 0 spiro atoms. The molecule has 0 saturated carbocycles. The van der Waals surface area contributed by atoms with E-state index in [1.165, 1.54) is 6.33 Å². The summed E-state index contributed by atoms with van der Waals surface area (Å²) in [5.41, 5.74) is 5.98. The minimum absolute atomic E-state index is 0.00140. The topological polar surface area (TPSA) is 75.0 Å². The maximum Gasteiger partial charge on any atom is 0.137 e. The number of nitrogens with zero attached hydrogens (tertiary/aromatic N) is 3. The fourth-order valence-corrected chi connectivity index (χ4v) is 3.27. The largest absolute Gasteiger partial charge is 0.392 e. The molecule has 0 aliphatic rings. The third-order valence-electron chi connectivity index (χ3n) is 4.68. The van der Waals surface area contributed by atoms with Gasteiger partial charge in [0, 0.05) is 29.2 Å². The summed E-state index contributed by atoms with van der Waals surface area (Å²) in [6.07, 6.45) is 3.24. The molecule has 3 aromatic carbocycles. The summed E-state index contributed by atoms with van der Waals surface area (Å²) in [6.45, 7) is 1.41. The average Bonchev–Trinajstić information content (AvgIpc) is 3.28. The highest BCUT2D eigenvalue weighted by molar-refractivity contribution is 5.83. The zero-order valence-electron chi connectivity index (χ0n) is 16.0. The molecule has 146 valence electrons. The van der Waals surface area contributed by atoms with Crippen LogP contribution in [0.1, 0.15) is 5.56 Å². The van der Waals surface area contributed by atoms with Crippen molar-refractivity contribution in [3.63, 3.8) is 0 Å². The summed E-state index contributed by atoms with van der Waals surface area (Å²) in [7, 11) is 0. The quantitative estimate of drug-likeness (QED) is 0.422. The Bertz CT molecular complexity index is 1050. The van der Waals surface area contributed by atoms with Gasteiger partial charge in [-0.05, 0) is 35.4 Å². The van der Waals surface area contributed by atoms with E-state index in [2.05, 4.69) is 38.9 Å². The van der Waals surface area contributed by atoms with Crippen molar-refractivity contribution in [1.29, 1.82) is 0 Å². The van der Waals surface area contributed by atoms with Gasteiger partial charge in [0.05, 0.1) is 13.2 Å². The van der Waals surface area contributed by atoms with Crippen LogP contribution < -0.4 is 10.6 Å². The van der Waals surface area contributed by atoms with E-state index in [9.17, 15) is 5.11 Å². The van der Waals surface area contributed by atoms with Gasteiger partial charge in [-0.25, -0.2) is 4.98 Å². The molecule has 0 aliphatic carbocycles. The van der Waals surface area contributed by atoms with E-state index in [0.29, 0.717) is 13.1 Å². The van der Waals surface area contributed by atoms with E-state index < -0.39 is 0 Å². The lowest BCUT2D eigenvalue weighted by Crippen LogP contribution is -2.11. The van der Waals surface area contributed by atoms with Crippen molar-refractivity contribution in [2.24, 2.45) is 0 Å². The maximum atomic E-state index is 9.77. The van der Waals surface area contributed by atoms with Gasteiger partial charge in [-0.3, -0.25) is 4.68 Å². The van der Waals surface area contributed by atoms with Crippen LogP contribution in [-0.2, 0) is 13.2 Å². The van der Waals surface area contributed by atoms with E-state index in [0.717, 1.165) is 33.8 Å². The number of nitrogens with one attached hydrogen (secondary N) is 2. The summed E-state index contributed by atoms with van der Waals surface area (Å²) in [5.74, 6) is 0. The van der Waals surface area contributed by atoms with Gasteiger partial charge in [0.15, 0.2) is 0 Å². The molecule has 0 bridgehead atoms. The summed E-state index contributed by atoms with van der Waals surface area (Å²) in [5, 5.41) is 20.9. The SMILES string of the molecule is OCc1ccccc1-c1ccc(Nc2ccccc2)cc1NCCn1cncn1. The lowest BCUT2D eigenvalue weighted by Gasteiger charge is -2.17. The number of hydrogen-bond acceptors (Lipinski definition) is 5. The van der Waals surface area contributed by atoms with Crippen molar-refractivity contribution < 1.29 is 5.11 Å². The standard InChI is InChI=1S/C23H23N5O/c29-15-18-6-4-5-9-21(18)22-11-10-20(27-19-7-2-1-3-8-19)14-23(22)25-12-13-28-17-24-16-26-28/h1-11,14,16-17,25,27,29H,12-13,15H2. The number of para-hydroxylation sites is 1. The van der Waals surface area contributed by atoms with Crippen molar-refractivity contribution in [3.05, 3.63) is 91.0 Å². The van der Waals surface area contributed by atoms with E-state index in [4.69, 9.17) is 0 Å². The average molecular weight is 385 g/mol. The molecule has 0 saturated heterocycles. The lowest BCUT2D eigenvalue weighted by molar-refractivity contribution is 0.282. The Morgan fingerprint density at radius 2 is 1.69 bits per heavy atom. The van der Waals surface area contributed by atoms with Gasteiger partial charge in [0.2, 0.25) is 0 Å². The Morgan fingerprint density at radius 3 is 2.48 bits per heavy atom. The number of aliphatic hydroxyl groups is 1. The monoisotopic (exact) mass is 385 g/mol. The number of hydrogen-bond donors (Lipinski definition) is 3. The molecule has 0 radical (unpaired) electrons. The fourth-order valence-electron chi connectivity index (χ4n) is 3.27. The first-order valence-electron chi connectivity index (χ1n) is 9.55. The first-order valence-corrected chi connectivity index (χ1v) is 9.55. The van der Waals surface area contributed by atoms with Crippen LogP contribution in [0.25, 0.3) is 11.1 Å². The Labute approximate surface area is 169 Å². The van der Waals surface area contributed by atoms with Gasteiger partial charge in [0.1, 0.15) is 12.7 Å². The minimum Gasteiger partial charge on any atom is -0.392 e. The molecule has 6 heteroatoms. The van der Waals surface area contributed by atoms with Crippen LogP contribution in [0.3, 0.4) is 0 Å². The van der Waals surface area contributed by atoms with Gasteiger partial charge >= 0.3 is 0 Å². The maximum absolute atomic E-state index is 9.77. The predicted molar refractivity (Wildman–Crippen MR) is 116 cm³/mol. The van der Waals surface area contributed by atoms with E-state index >= 15 is 0 Å². The molecule has 0 atom stereocenters. The van der Waals surface area contributed by atoms with E-state index in [-0.39, 0.29) is 6.61 Å². The number of aromatic nitrogens is 3. The number of aliphatic hydroxyl groups excluding tert-OH is 1. The van der Waals surface area contributed by atoms with Crippen LogP contribution in [0.4, 0.5) is 17.1 Å². The van der Waals surface area contributed by atoms with Crippen molar-refractivity contribution in [3.8, 4) is 11.1 Å². The molecular formula is C23H23N5O. The molecule has 1 aromatic heterocycles. The first-order chi connectivity index (χ1) is 14.3. The smallest absolute Gasteiger partial charge is 0.137 e. The molecule has 0 fully saturated rings. The van der Waals surface area contributed by atoms with Gasteiger partial charge in [0.25, 0.3) is 0 Å². The van der Waals surface area contributed by atoms with Crippen LogP contribution in [0.15, 0.2) is 85.5 Å². The lowest BCUT2D eigenvalue weighted by atomic mass is 9.98. The Balaban J connectivity index is 1.63. The first kappa shape index (κ1) is 18.7. The Kier molecular flexibility index (Phi) is 5.83. The Hall–Kier alpha value is -3.64. The number of rotatable bonds is 8. The minimum atomic E-state index is -0.00140. The molecule has 0 aliphatic heterocycles. The van der Waals surface area contributed by atoms with E-state index in [1.807, 2.05) is 54.6 Å². The fraction of sp³-hybridized carbons (Fsp3) is 0.130. The van der Waals surface area contributed by atoms with Crippen molar-refractivity contribution in [2.45, 2.75) is 13.2 Å². The van der Waals surface area contributed by atoms with Crippen LogP contribution in [0.5, 0.6) is 0 Å². The van der Waals surface area contributed by atoms with Gasteiger partial charge in [-0.15, -0.1) is 0 Å². The summed E-state index contributed by atoms with van der Waals surface area (Å²) < 4.78 is 1.79. The second-order valence-electron chi connectivity index (χ2n) is 6.65. The third-order valence-corrected chi connectivity index (χ3v) is 4.68. The molecular weight excluding hydrogens is 362 g/mol. The number of benzene rings is 3. The highest BCUT2D eigenvalue weighted by atomic mass is 16.3. The summed E-state index contributed by atoms with van der Waals surface area (Å²) >= 11 is 0. The second kappa shape index (κ2) is 9.03. The summed E-state index contributed by atoms with van der Waals surface area (Å²) in [6, 6.07) is 24.2. The Morgan fingerprint density at radius 1 is 0.862 bits per heavy atom. The van der Waals surface area contributed by atoms with Crippen molar-refractivity contribution in [2.75, 3.05) is 17.2 Å². The van der Waals surface area contributed by atoms with Gasteiger partial charge < -0.3 is 15.7 Å². The molecule has 6 nitrogen and oxygen atoms in total. The molecule has 29 heavy (non-hydrogen) atoms. The molecule has 1 heterocycles. The van der Waals surface area contributed by atoms with Crippen LogP contribution >= 0.6 is 0 Å². The normalized spacial score (nSPS) is 10.7. The van der Waals surface area contributed by atoms with Crippen LogP contribution in [0.2, 0.25) is 0 Å². The second-order valence-corrected chi connectivity index (χ2v) is 6.65. The zero-order valence-corrected chi connectivity index (χ0v) is 16.0. The highest BCUT2D eigenvalue weighted by Crippen LogP contribution is 2.34. The molecule has 0 unspecified atom stereocenters. The van der Waals surface area contributed by atoms with Crippen molar-refractivity contribution in [1.82, 2.24) is 14.8 Å².